The third kappa shape index (κ3) is 11.8. The number of unbranched alkanes of at least 4 members (excludes halogenated alkanes) is 3. The van der Waals surface area contributed by atoms with Crippen molar-refractivity contribution in [3.05, 3.63) is 179 Å². The van der Waals surface area contributed by atoms with Gasteiger partial charge in [-0.1, -0.05) is 118 Å². The minimum Gasteiger partial charge on any atom is -0.429 e. The van der Waals surface area contributed by atoms with Crippen LogP contribution in [-0.4, -0.2) is 13.2 Å². The number of alkyl halides is 4. The van der Waals surface area contributed by atoms with Crippen LogP contribution in [0.15, 0.2) is 133 Å². The quantitative estimate of drug-likeness (QED) is 0.0753. The topological polar surface area (TPSA) is 18.5 Å². The molecule has 0 atom stereocenters. The number of ether oxygens (including phenoxy) is 2. The van der Waals surface area contributed by atoms with Crippen LogP contribution in [0.3, 0.4) is 0 Å². The summed E-state index contributed by atoms with van der Waals surface area (Å²) in [5.41, 5.74) is 5.03. The van der Waals surface area contributed by atoms with Gasteiger partial charge in [0.25, 0.3) is 0 Å². The zero-order valence-electron chi connectivity index (χ0n) is 36.4. The largest absolute Gasteiger partial charge is 0.429 e. The van der Waals surface area contributed by atoms with E-state index in [1.807, 2.05) is 42.5 Å². The second-order valence-electron chi connectivity index (χ2n) is 16.0. The van der Waals surface area contributed by atoms with Gasteiger partial charge in [0.1, 0.15) is 11.6 Å². The van der Waals surface area contributed by atoms with Crippen LogP contribution in [0.2, 0.25) is 0 Å². The molecule has 0 aliphatic rings. The van der Waals surface area contributed by atoms with Crippen molar-refractivity contribution in [2.45, 2.75) is 72.0 Å². The molecule has 8 rings (SSSR count). The summed E-state index contributed by atoms with van der Waals surface area (Å²) in [7, 11) is 0. The smallest absolute Gasteiger partial charge is 0.387 e. The van der Waals surface area contributed by atoms with Crippen LogP contribution in [0.25, 0.3) is 66.1 Å². The summed E-state index contributed by atoms with van der Waals surface area (Å²) in [4.78, 5) is 0. The maximum absolute atomic E-state index is 14.9. The number of halogens is 10. The number of hydrogen-bond donors (Lipinski definition) is 0. The summed E-state index contributed by atoms with van der Waals surface area (Å²) >= 11 is 0. The van der Waals surface area contributed by atoms with Crippen molar-refractivity contribution in [2.24, 2.45) is 0 Å². The average Bonchev–Trinajstić information content (AvgIpc) is 3.30. The second-order valence-corrected chi connectivity index (χ2v) is 16.0. The molecule has 0 amide bonds. The molecule has 0 heterocycles. The van der Waals surface area contributed by atoms with Gasteiger partial charge in [0.05, 0.1) is 0 Å². The predicted molar refractivity (Wildman–Crippen MR) is 244 cm³/mol. The van der Waals surface area contributed by atoms with Crippen LogP contribution in [0.4, 0.5) is 43.9 Å². The molecule has 67 heavy (non-hydrogen) atoms. The average molecular weight is 927 g/mol. The maximum Gasteiger partial charge on any atom is 0.387 e. The molecular formula is C55H44F10O2. The van der Waals surface area contributed by atoms with Crippen LogP contribution in [0.5, 0.6) is 11.5 Å². The van der Waals surface area contributed by atoms with Gasteiger partial charge in [-0.15, -0.1) is 0 Å². The first-order valence-electron chi connectivity index (χ1n) is 21.7. The maximum atomic E-state index is 14.9. The number of fused-ring (bicyclic) bond motifs is 2. The van der Waals surface area contributed by atoms with Crippen LogP contribution in [0.1, 0.15) is 57.1 Å². The van der Waals surface area contributed by atoms with E-state index < -0.39 is 59.6 Å². The van der Waals surface area contributed by atoms with Gasteiger partial charge < -0.3 is 9.47 Å². The highest BCUT2D eigenvalue weighted by atomic mass is 19.3. The molecule has 0 unspecified atom stereocenters. The van der Waals surface area contributed by atoms with E-state index in [9.17, 15) is 43.9 Å². The molecule has 0 bridgehead atoms. The zero-order valence-corrected chi connectivity index (χ0v) is 36.4. The molecule has 8 aromatic rings. The molecular weight excluding hydrogens is 883 g/mol. The first-order valence-corrected chi connectivity index (χ1v) is 21.7. The lowest BCUT2D eigenvalue weighted by Crippen LogP contribution is -2.06. The van der Waals surface area contributed by atoms with Gasteiger partial charge in [0, 0.05) is 11.1 Å². The Morgan fingerprint density at radius 1 is 0.343 bits per heavy atom. The highest BCUT2D eigenvalue weighted by molar-refractivity contribution is 5.89. The molecule has 0 aliphatic carbocycles. The minimum absolute atomic E-state index is 0.0531. The summed E-state index contributed by atoms with van der Waals surface area (Å²) in [6.07, 6.45) is 7.85. The Kier molecular flexibility index (Phi) is 15.6. The third-order valence-corrected chi connectivity index (χ3v) is 11.3. The monoisotopic (exact) mass is 926 g/mol. The van der Waals surface area contributed by atoms with E-state index in [1.165, 1.54) is 48.2 Å². The first kappa shape index (κ1) is 48.1. The lowest BCUT2D eigenvalue weighted by Gasteiger charge is -2.11. The molecule has 0 aliphatic heterocycles. The molecule has 12 heteroatoms. The molecule has 0 N–H and O–H groups in total. The fourth-order valence-corrected chi connectivity index (χ4v) is 7.91. The van der Waals surface area contributed by atoms with Gasteiger partial charge in [-0.05, 0) is 140 Å². The lowest BCUT2D eigenvalue weighted by atomic mass is 9.96. The standard InChI is InChI=1S/C28H23F5O.C27H21F5O/c1-2-3-4-5-17-6-7-19-13-20(9-8-18(19)12-17)21-10-11-23(24(29)14-21)22-15-25(30)27(26(31)16-22)34-28(32)33;1-2-3-4-16-5-6-18-12-19(8-7-17(18)11-16)20-9-10-22(23(28)13-20)21-14-24(29)26(25(30)15-21)33-27(31)32/h6-16,28H,2-5H2,1H3;5-15,27H,2-4H2,1H3. The summed E-state index contributed by atoms with van der Waals surface area (Å²) in [5.74, 6) is -9.10. The van der Waals surface area contributed by atoms with Crippen LogP contribution in [0, 0.1) is 34.9 Å². The molecule has 0 spiro atoms. The Balaban J connectivity index is 0.000000199. The lowest BCUT2D eigenvalue weighted by molar-refractivity contribution is -0.0551. The van der Waals surface area contributed by atoms with Gasteiger partial charge in [-0.25, -0.2) is 26.3 Å². The molecule has 2 nitrogen and oxygen atoms in total. The first-order chi connectivity index (χ1) is 32.2. The number of benzene rings is 8. The van der Waals surface area contributed by atoms with E-state index >= 15 is 0 Å². The fraction of sp³-hybridized carbons (Fsp3) is 0.200. The summed E-state index contributed by atoms with van der Waals surface area (Å²) in [6, 6.07) is 36.1. The van der Waals surface area contributed by atoms with Gasteiger partial charge >= 0.3 is 13.2 Å². The van der Waals surface area contributed by atoms with E-state index in [-0.39, 0.29) is 22.3 Å². The SMILES string of the molecule is CCCCCc1ccc2cc(-c3ccc(-c4cc(F)c(OC(F)F)c(F)c4)c(F)c3)ccc2c1.CCCCc1ccc2cc(-c3ccc(-c4cc(F)c(OC(F)F)c(F)c4)c(F)c3)ccc2c1. The number of aryl methyl sites for hydroxylation is 2. The highest BCUT2D eigenvalue weighted by Crippen LogP contribution is 2.36. The molecule has 0 saturated carbocycles. The Hall–Kier alpha value is -6.82. The Bertz CT molecular complexity index is 2980. The van der Waals surface area contributed by atoms with Crippen LogP contribution < -0.4 is 9.47 Å². The minimum atomic E-state index is -3.37. The predicted octanol–water partition coefficient (Wildman–Crippen LogP) is 17.5. The van der Waals surface area contributed by atoms with Gasteiger partial charge in [-0.2, -0.15) is 17.6 Å². The zero-order chi connectivity index (χ0) is 47.8. The molecule has 0 saturated heterocycles. The number of hydrogen-bond acceptors (Lipinski definition) is 2. The van der Waals surface area contributed by atoms with Crippen molar-refractivity contribution in [1.82, 2.24) is 0 Å². The van der Waals surface area contributed by atoms with Gasteiger partial charge in [-0.3, -0.25) is 0 Å². The Morgan fingerprint density at radius 3 is 1.04 bits per heavy atom. The normalized spacial score (nSPS) is 11.4. The highest BCUT2D eigenvalue weighted by Gasteiger charge is 2.21. The molecule has 8 aromatic carbocycles. The Labute approximate surface area is 381 Å². The summed E-state index contributed by atoms with van der Waals surface area (Å²) in [6.45, 7) is -2.42. The van der Waals surface area contributed by atoms with E-state index in [0.29, 0.717) is 11.1 Å². The van der Waals surface area contributed by atoms with Crippen molar-refractivity contribution in [3.63, 3.8) is 0 Å². The van der Waals surface area contributed by atoms with Crippen molar-refractivity contribution in [2.75, 3.05) is 0 Å². The van der Waals surface area contributed by atoms with E-state index in [0.717, 1.165) is 89.0 Å². The number of rotatable bonds is 15. The van der Waals surface area contributed by atoms with Crippen molar-refractivity contribution in [3.8, 4) is 56.0 Å². The molecule has 0 aromatic heterocycles. The third-order valence-electron chi connectivity index (χ3n) is 11.3. The summed E-state index contributed by atoms with van der Waals surface area (Å²) in [5, 5.41) is 4.25. The van der Waals surface area contributed by atoms with E-state index in [2.05, 4.69) is 53.7 Å². The van der Waals surface area contributed by atoms with Gasteiger partial charge in [0.2, 0.25) is 0 Å². The molecule has 0 radical (unpaired) electrons. The Morgan fingerprint density at radius 2 is 0.672 bits per heavy atom. The summed E-state index contributed by atoms with van der Waals surface area (Å²) < 4.78 is 143. The molecule has 346 valence electrons. The second kappa shape index (κ2) is 21.7. The van der Waals surface area contributed by atoms with Crippen molar-refractivity contribution < 1.29 is 53.4 Å². The van der Waals surface area contributed by atoms with Crippen LogP contribution in [-0.2, 0) is 12.8 Å². The van der Waals surface area contributed by atoms with E-state index in [4.69, 9.17) is 0 Å². The van der Waals surface area contributed by atoms with Crippen molar-refractivity contribution in [1.29, 1.82) is 0 Å². The van der Waals surface area contributed by atoms with Crippen LogP contribution >= 0.6 is 0 Å². The van der Waals surface area contributed by atoms with E-state index in [1.54, 1.807) is 12.1 Å². The van der Waals surface area contributed by atoms with Crippen molar-refractivity contribution >= 4 is 21.5 Å². The fourth-order valence-electron chi connectivity index (χ4n) is 7.91. The van der Waals surface area contributed by atoms with Gasteiger partial charge in [0.15, 0.2) is 34.8 Å². The molecule has 0 fully saturated rings.